The lowest BCUT2D eigenvalue weighted by molar-refractivity contribution is 0.0939. The molecule has 1 saturated heterocycles. The largest absolute Gasteiger partial charge is 0.357 e. The number of aromatic nitrogens is 1. The molecule has 1 aromatic rings. The van der Waals surface area contributed by atoms with Crippen molar-refractivity contribution in [1.82, 2.24) is 4.98 Å². The van der Waals surface area contributed by atoms with Crippen molar-refractivity contribution in [2.24, 2.45) is 11.8 Å². The second-order valence-corrected chi connectivity index (χ2v) is 5.76. The molecule has 0 bridgehead atoms. The molecule has 2 heterocycles. The topological polar surface area (TPSA) is 33.2 Å². The van der Waals surface area contributed by atoms with Gasteiger partial charge in [0.05, 0.1) is 0 Å². The Kier molecular flexibility index (Phi) is 4.56. The Bertz CT molecular complexity index is 417. The summed E-state index contributed by atoms with van der Waals surface area (Å²) in [6.45, 7) is 8.29. The highest BCUT2D eigenvalue weighted by atomic mass is 16.1. The van der Waals surface area contributed by atoms with Crippen LogP contribution in [-0.2, 0) is 0 Å². The van der Waals surface area contributed by atoms with Gasteiger partial charge in [0.2, 0.25) is 0 Å². The van der Waals surface area contributed by atoms with Gasteiger partial charge in [-0.2, -0.15) is 0 Å². The molecule has 0 aliphatic carbocycles. The molecule has 1 aromatic heterocycles. The third-order valence-corrected chi connectivity index (χ3v) is 4.07. The Labute approximate surface area is 116 Å². The molecule has 104 valence electrons. The highest BCUT2D eigenvalue weighted by Gasteiger charge is 2.19. The van der Waals surface area contributed by atoms with Crippen LogP contribution in [0.1, 0.15) is 50.4 Å². The van der Waals surface area contributed by atoms with Crippen molar-refractivity contribution in [3.8, 4) is 0 Å². The van der Waals surface area contributed by atoms with Gasteiger partial charge in [0.15, 0.2) is 5.78 Å². The molecular formula is C16H24N2O. The van der Waals surface area contributed by atoms with E-state index in [2.05, 4.69) is 16.8 Å². The number of Topliss-reactive ketones (excluding diaryl/α,β-unsaturated/α-hetero) is 1. The van der Waals surface area contributed by atoms with Crippen molar-refractivity contribution in [2.75, 3.05) is 18.0 Å². The summed E-state index contributed by atoms with van der Waals surface area (Å²) >= 11 is 0. The van der Waals surface area contributed by atoms with Crippen LogP contribution in [0.5, 0.6) is 0 Å². The van der Waals surface area contributed by atoms with Gasteiger partial charge in [0.1, 0.15) is 5.82 Å². The van der Waals surface area contributed by atoms with Crippen LogP contribution >= 0.6 is 0 Å². The highest BCUT2D eigenvalue weighted by molar-refractivity contribution is 5.97. The summed E-state index contributed by atoms with van der Waals surface area (Å²) in [7, 11) is 0. The first-order chi connectivity index (χ1) is 9.11. The number of rotatable bonds is 4. The SMILES string of the molecule is CCC1CCN(c2ccc(C(=O)C(C)C)cn2)CC1. The van der Waals surface area contributed by atoms with Gasteiger partial charge in [-0.25, -0.2) is 4.98 Å². The normalized spacial score (nSPS) is 16.9. The van der Waals surface area contributed by atoms with Gasteiger partial charge < -0.3 is 4.90 Å². The maximum absolute atomic E-state index is 11.9. The zero-order valence-electron chi connectivity index (χ0n) is 12.2. The van der Waals surface area contributed by atoms with Crippen LogP contribution in [0.2, 0.25) is 0 Å². The smallest absolute Gasteiger partial charge is 0.166 e. The van der Waals surface area contributed by atoms with Gasteiger partial charge in [-0.15, -0.1) is 0 Å². The van der Waals surface area contributed by atoms with Gasteiger partial charge in [-0.3, -0.25) is 4.79 Å². The van der Waals surface area contributed by atoms with E-state index in [1.807, 2.05) is 26.0 Å². The zero-order valence-corrected chi connectivity index (χ0v) is 12.2. The van der Waals surface area contributed by atoms with Crippen molar-refractivity contribution in [1.29, 1.82) is 0 Å². The summed E-state index contributed by atoms with van der Waals surface area (Å²) < 4.78 is 0. The van der Waals surface area contributed by atoms with E-state index in [-0.39, 0.29) is 11.7 Å². The number of ketones is 1. The summed E-state index contributed by atoms with van der Waals surface area (Å²) in [5.74, 6) is 2.09. The molecule has 1 aliphatic heterocycles. The average Bonchev–Trinajstić information content (AvgIpc) is 2.46. The van der Waals surface area contributed by atoms with Crippen molar-refractivity contribution in [3.63, 3.8) is 0 Å². The van der Waals surface area contributed by atoms with E-state index in [9.17, 15) is 4.79 Å². The Balaban J connectivity index is 2.01. The molecule has 3 heteroatoms. The van der Waals surface area contributed by atoms with E-state index in [1.54, 1.807) is 6.20 Å². The maximum Gasteiger partial charge on any atom is 0.166 e. The minimum Gasteiger partial charge on any atom is -0.357 e. The van der Waals surface area contributed by atoms with E-state index in [0.717, 1.165) is 30.4 Å². The first-order valence-electron chi connectivity index (χ1n) is 7.37. The molecule has 1 aliphatic rings. The molecule has 0 amide bonds. The average molecular weight is 260 g/mol. The molecule has 0 aromatic carbocycles. The number of piperidine rings is 1. The Morgan fingerprint density at radius 2 is 2.05 bits per heavy atom. The first-order valence-corrected chi connectivity index (χ1v) is 7.37. The number of pyridine rings is 1. The van der Waals surface area contributed by atoms with Crippen LogP contribution in [0.25, 0.3) is 0 Å². The summed E-state index contributed by atoms with van der Waals surface area (Å²) in [6.07, 6.45) is 5.52. The van der Waals surface area contributed by atoms with Crippen LogP contribution in [0.15, 0.2) is 18.3 Å². The van der Waals surface area contributed by atoms with Gasteiger partial charge in [-0.05, 0) is 30.9 Å². The van der Waals surface area contributed by atoms with Crippen LogP contribution < -0.4 is 4.90 Å². The molecule has 0 saturated carbocycles. The number of nitrogens with zero attached hydrogens (tertiary/aromatic N) is 2. The van der Waals surface area contributed by atoms with Crippen molar-refractivity contribution in [3.05, 3.63) is 23.9 Å². The molecule has 19 heavy (non-hydrogen) atoms. The van der Waals surface area contributed by atoms with Gasteiger partial charge in [0.25, 0.3) is 0 Å². The van der Waals surface area contributed by atoms with Crippen molar-refractivity contribution in [2.45, 2.75) is 40.0 Å². The Morgan fingerprint density at radius 1 is 1.37 bits per heavy atom. The first kappa shape index (κ1) is 14.0. The minimum atomic E-state index is 0.0351. The number of carbonyl (C=O) groups is 1. The fourth-order valence-corrected chi connectivity index (χ4v) is 2.62. The minimum absolute atomic E-state index is 0.0351. The van der Waals surface area contributed by atoms with E-state index in [0.29, 0.717) is 0 Å². The number of carbonyl (C=O) groups excluding carboxylic acids is 1. The van der Waals surface area contributed by atoms with Crippen LogP contribution in [0.3, 0.4) is 0 Å². The molecule has 0 radical (unpaired) electrons. The lowest BCUT2D eigenvalue weighted by atomic mass is 9.94. The molecule has 3 nitrogen and oxygen atoms in total. The van der Waals surface area contributed by atoms with Crippen LogP contribution in [0.4, 0.5) is 5.82 Å². The lowest BCUT2D eigenvalue weighted by Gasteiger charge is -2.32. The van der Waals surface area contributed by atoms with E-state index < -0.39 is 0 Å². The predicted octanol–water partition coefficient (Wildman–Crippen LogP) is 3.55. The Morgan fingerprint density at radius 3 is 2.53 bits per heavy atom. The van der Waals surface area contributed by atoms with Crippen molar-refractivity contribution < 1.29 is 4.79 Å². The van der Waals surface area contributed by atoms with E-state index in [1.165, 1.54) is 19.3 Å². The molecule has 0 spiro atoms. The van der Waals surface area contributed by atoms with Crippen LogP contribution in [-0.4, -0.2) is 23.9 Å². The van der Waals surface area contributed by atoms with E-state index >= 15 is 0 Å². The maximum atomic E-state index is 11.9. The molecule has 0 unspecified atom stereocenters. The third-order valence-electron chi connectivity index (χ3n) is 4.07. The second kappa shape index (κ2) is 6.18. The molecular weight excluding hydrogens is 236 g/mol. The summed E-state index contributed by atoms with van der Waals surface area (Å²) in [4.78, 5) is 18.7. The zero-order chi connectivity index (χ0) is 13.8. The fraction of sp³-hybridized carbons (Fsp3) is 0.625. The van der Waals surface area contributed by atoms with Crippen molar-refractivity contribution >= 4 is 11.6 Å². The van der Waals surface area contributed by atoms with Crippen LogP contribution in [0, 0.1) is 11.8 Å². The molecule has 2 rings (SSSR count). The molecule has 0 atom stereocenters. The second-order valence-electron chi connectivity index (χ2n) is 5.76. The summed E-state index contributed by atoms with van der Waals surface area (Å²) in [5.41, 5.74) is 0.724. The van der Waals surface area contributed by atoms with Gasteiger partial charge in [0, 0.05) is 30.8 Å². The lowest BCUT2D eigenvalue weighted by Crippen LogP contribution is -2.34. The monoisotopic (exact) mass is 260 g/mol. The third kappa shape index (κ3) is 3.34. The van der Waals surface area contributed by atoms with Gasteiger partial charge >= 0.3 is 0 Å². The number of hydrogen-bond acceptors (Lipinski definition) is 3. The quantitative estimate of drug-likeness (QED) is 0.776. The Hall–Kier alpha value is -1.38. The molecule has 0 N–H and O–H groups in total. The standard InChI is InChI=1S/C16H24N2O/c1-4-13-7-9-18(10-8-13)15-6-5-14(11-17-15)16(19)12(2)3/h5-6,11-13H,4,7-10H2,1-3H3. The summed E-state index contributed by atoms with van der Waals surface area (Å²) in [6, 6.07) is 3.90. The van der Waals surface area contributed by atoms with Gasteiger partial charge in [-0.1, -0.05) is 27.2 Å². The number of hydrogen-bond donors (Lipinski definition) is 0. The highest BCUT2D eigenvalue weighted by Crippen LogP contribution is 2.23. The number of anilines is 1. The summed E-state index contributed by atoms with van der Waals surface area (Å²) in [5, 5.41) is 0. The van der Waals surface area contributed by atoms with E-state index in [4.69, 9.17) is 0 Å². The fourth-order valence-electron chi connectivity index (χ4n) is 2.62. The predicted molar refractivity (Wildman–Crippen MR) is 78.6 cm³/mol. The molecule has 1 fully saturated rings.